The van der Waals surface area contributed by atoms with Crippen LogP contribution in [0, 0.1) is 5.41 Å². The van der Waals surface area contributed by atoms with Crippen LogP contribution < -0.4 is 0 Å². The molecule has 162 valence electrons. The summed E-state index contributed by atoms with van der Waals surface area (Å²) in [6.45, 7) is 12.2. The highest BCUT2D eigenvalue weighted by atomic mass is 35.5. The summed E-state index contributed by atoms with van der Waals surface area (Å²) >= 11 is 12.1. The molecular formula is C27H34Cl2O. The smallest absolute Gasteiger partial charge is 0.0735 e. The fraction of sp³-hybridized carbons (Fsp3) is 0.407. The standard InChI is InChI=1S/C27H34Cl2O/c1-20(11-14-25-22(3)10-7-16-27(25,4)5)8-6-9-21(2)15-17-30-19-23-12-13-24(28)18-26(23)29/h6,8-9,11-15,18H,7,10,16-17,19H2,1-5H3/b9-6+,14-11+,20-8+,21-15+. The van der Waals surface area contributed by atoms with Crippen LogP contribution in [0.1, 0.15) is 59.4 Å². The van der Waals surface area contributed by atoms with Crippen molar-refractivity contribution in [3.05, 3.63) is 92.6 Å². The highest BCUT2D eigenvalue weighted by Gasteiger charge is 2.26. The molecule has 0 aromatic heterocycles. The van der Waals surface area contributed by atoms with Gasteiger partial charge in [0.1, 0.15) is 0 Å². The lowest BCUT2D eigenvalue weighted by Gasteiger charge is -2.32. The Balaban J connectivity index is 1.84. The Morgan fingerprint density at radius 2 is 1.90 bits per heavy atom. The van der Waals surface area contributed by atoms with Crippen LogP contribution in [0.3, 0.4) is 0 Å². The van der Waals surface area contributed by atoms with Crippen LogP contribution in [-0.4, -0.2) is 6.61 Å². The molecule has 0 fully saturated rings. The fourth-order valence-corrected chi connectivity index (χ4v) is 4.16. The summed E-state index contributed by atoms with van der Waals surface area (Å²) in [5.41, 5.74) is 6.67. The van der Waals surface area contributed by atoms with Crippen LogP contribution in [0.15, 0.2) is 76.9 Å². The Kier molecular flexibility index (Phi) is 9.68. The maximum absolute atomic E-state index is 6.16. The second-order valence-electron chi connectivity index (χ2n) is 8.73. The number of allylic oxidation sites excluding steroid dienone is 9. The van der Waals surface area contributed by atoms with E-state index >= 15 is 0 Å². The first-order valence-corrected chi connectivity index (χ1v) is 11.4. The summed E-state index contributed by atoms with van der Waals surface area (Å²) in [5.74, 6) is 0. The summed E-state index contributed by atoms with van der Waals surface area (Å²) in [4.78, 5) is 0. The van der Waals surface area contributed by atoms with Crippen LogP contribution in [-0.2, 0) is 11.3 Å². The molecule has 1 aliphatic rings. The van der Waals surface area contributed by atoms with Gasteiger partial charge in [0.15, 0.2) is 0 Å². The summed E-state index contributed by atoms with van der Waals surface area (Å²) in [7, 11) is 0. The van der Waals surface area contributed by atoms with Gasteiger partial charge in [-0.25, -0.2) is 0 Å². The molecule has 1 aliphatic carbocycles. The van der Waals surface area contributed by atoms with Gasteiger partial charge in [-0.15, -0.1) is 0 Å². The lowest BCUT2D eigenvalue weighted by molar-refractivity contribution is 0.148. The van der Waals surface area contributed by atoms with E-state index in [1.165, 1.54) is 36.0 Å². The summed E-state index contributed by atoms with van der Waals surface area (Å²) in [6.07, 6.45) is 16.7. The zero-order chi connectivity index (χ0) is 22.1. The lowest BCUT2D eigenvalue weighted by Crippen LogP contribution is -2.19. The van der Waals surface area contributed by atoms with Gasteiger partial charge in [-0.1, -0.05) is 96.3 Å². The van der Waals surface area contributed by atoms with Crippen LogP contribution >= 0.6 is 23.2 Å². The van der Waals surface area contributed by atoms with Gasteiger partial charge in [0.25, 0.3) is 0 Å². The molecule has 0 saturated heterocycles. The molecule has 3 heteroatoms. The number of ether oxygens (including phenoxy) is 1. The van der Waals surface area contributed by atoms with Crippen molar-refractivity contribution in [3.8, 4) is 0 Å². The van der Waals surface area contributed by atoms with Crippen molar-refractivity contribution in [1.82, 2.24) is 0 Å². The molecule has 2 rings (SSSR count). The zero-order valence-electron chi connectivity index (χ0n) is 18.9. The van der Waals surface area contributed by atoms with Gasteiger partial charge in [-0.2, -0.15) is 0 Å². The molecule has 0 saturated carbocycles. The molecule has 0 bridgehead atoms. The number of benzene rings is 1. The Morgan fingerprint density at radius 3 is 2.60 bits per heavy atom. The Labute approximate surface area is 192 Å². The molecule has 0 radical (unpaired) electrons. The minimum Gasteiger partial charge on any atom is -0.373 e. The third-order valence-electron chi connectivity index (χ3n) is 5.57. The topological polar surface area (TPSA) is 9.23 Å². The van der Waals surface area contributed by atoms with E-state index in [2.05, 4.69) is 71.1 Å². The van der Waals surface area contributed by atoms with Crippen molar-refractivity contribution >= 4 is 23.2 Å². The van der Waals surface area contributed by atoms with E-state index < -0.39 is 0 Å². The van der Waals surface area contributed by atoms with Gasteiger partial charge in [0.05, 0.1) is 13.2 Å². The van der Waals surface area contributed by atoms with E-state index in [-0.39, 0.29) is 5.41 Å². The Morgan fingerprint density at radius 1 is 1.13 bits per heavy atom. The predicted octanol–water partition coefficient (Wildman–Crippen LogP) is 9.04. The first-order valence-electron chi connectivity index (χ1n) is 10.6. The van der Waals surface area contributed by atoms with E-state index in [0.717, 1.165) is 11.1 Å². The third kappa shape index (κ3) is 7.95. The Hall–Kier alpha value is -1.54. The van der Waals surface area contributed by atoms with Crippen LogP contribution in [0.5, 0.6) is 0 Å². The predicted molar refractivity (Wildman–Crippen MR) is 132 cm³/mol. The van der Waals surface area contributed by atoms with Gasteiger partial charge in [0, 0.05) is 10.0 Å². The SMILES string of the molecule is CC1=C(/C=C/C(C)=C/C=C/C(C)=C/COCc2ccc(Cl)cc2Cl)C(C)(C)CCC1. The molecular weight excluding hydrogens is 411 g/mol. The van der Waals surface area contributed by atoms with Crippen LogP contribution in [0.25, 0.3) is 0 Å². The first-order chi connectivity index (χ1) is 14.2. The van der Waals surface area contributed by atoms with Crippen LogP contribution in [0.4, 0.5) is 0 Å². The highest BCUT2D eigenvalue weighted by molar-refractivity contribution is 6.35. The highest BCUT2D eigenvalue weighted by Crippen LogP contribution is 2.40. The van der Waals surface area contributed by atoms with Crippen molar-refractivity contribution in [2.75, 3.05) is 6.61 Å². The zero-order valence-corrected chi connectivity index (χ0v) is 20.4. The second-order valence-corrected chi connectivity index (χ2v) is 9.58. The average molecular weight is 445 g/mol. The van der Waals surface area contributed by atoms with Gasteiger partial charge in [0.2, 0.25) is 0 Å². The quantitative estimate of drug-likeness (QED) is 0.286. The van der Waals surface area contributed by atoms with E-state index in [0.29, 0.717) is 23.3 Å². The van der Waals surface area contributed by atoms with Crippen molar-refractivity contribution < 1.29 is 4.74 Å². The van der Waals surface area contributed by atoms with Gasteiger partial charge in [-0.05, 0) is 68.7 Å². The molecule has 0 N–H and O–H groups in total. The molecule has 0 amide bonds. The van der Waals surface area contributed by atoms with Crippen molar-refractivity contribution in [3.63, 3.8) is 0 Å². The summed E-state index contributed by atoms with van der Waals surface area (Å²) in [5, 5.41) is 1.27. The molecule has 0 unspecified atom stereocenters. The van der Waals surface area contributed by atoms with Gasteiger partial charge < -0.3 is 4.74 Å². The number of rotatable bonds is 8. The van der Waals surface area contributed by atoms with Crippen molar-refractivity contribution in [1.29, 1.82) is 0 Å². The molecule has 1 aromatic carbocycles. The monoisotopic (exact) mass is 444 g/mol. The van der Waals surface area contributed by atoms with Gasteiger partial charge in [-0.3, -0.25) is 0 Å². The second kappa shape index (κ2) is 11.7. The Bertz CT molecular complexity index is 882. The minimum absolute atomic E-state index is 0.282. The first kappa shape index (κ1) is 24.7. The third-order valence-corrected chi connectivity index (χ3v) is 6.16. The number of halogens is 2. The van der Waals surface area contributed by atoms with E-state index in [1.807, 2.05) is 12.1 Å². The largest absolute Gasteiger partial charge is 0.373 e. The molecule has 1 aromatic rings. The number of hydrogen-bond donors (Lipinski definition) is 0. The fourth-order valence-electron chi connectivity index (χ4n) is 3.70. The maximum Gasteiger partial charge on any atom is 0.0735 e. The maximum atomic E-state index is 6.16. The summed E-state index contributed by atoms with van der Waals surface area (Å²) in [6, 6.07) is 5.46. The average Bonchev–Trinajstić information content (AvgIpc) is 2.65. The molecule has 0 aliphatic heterocycles. The summed E-state index contributed by atoms with van der Waals surface area (Å²) < 4.78 is 5.70. The van der Waals surface area contributed by atoms with E-state index in [4.69, 9.17) is 27.9 Å². The van der Waals surface area contributed by atoms with Crippen LogP contribution in [0.2, 0.25) is 10.0 Å². The molecule has 1 nitrogen and oxygen atoms in total. The van der Waals surface area contributed by atoms with Crippen molar-refractivity contribution in [2.45, 2.75) is 60.5 Å². The molecule has 0 spiro atoms. The molecule has 0 heterocycles. The van der Waals surface area contributed by atoms with E-state index in [9.17, 15) is 0 Å². The molecule has 30 heavy (non-hydrogen) atoms. The minimum atomic E-state index is 0.282. The normalized spacial score (nSPS) is 18.1. The lowest BCUT2D eigenvalue weighted by atomic mass is 9.72. The number of hydrogen-bond acceptors (Lipinski definition) is 1. The van der Waals surface area contributed by atoms with E-state index in [1.54, 1.807) is 6.07 Å². The van der Waals surface area contributed by atoms with Crippen molar-refractivity contribution in [2.24, 2.45) is 5.41 Å². The van der Waals surface area contributed by atoms with Gasteiger partial charge >= 0.3 is 0 Å². The molecule has 0 atom stereocenters.